The molecule has 1 N–H and O–H groups in total. The molecule has 1 heterocycles. The van der Waals surface area contributed by atoms with Gasteiger partial charge in [0, 0.05) is 23.9 Å². The quantitative estimate of drug-likeness (QED) is 0.884. The van der Waals surface area contributed by atoms with Gasteiger partial charge in [0.1, 0.15) is 5.82 Å². The molecule has 1 saturated carbocycles. The fourth-order valence-corrected chi connectivity index (χ4v) is 2.48. The summed E-state index contributed by atoms with van der Waals surface area (Å²) in [5.74, 6) is 2.49. The molecule has 3 rings (SSSR count). The van der Waals surface area contributed by atoms with Gasteiger partial charge in [0.25, 0.3) is 0 Å². The van der Waals surface area contributed by atoms with E-state index in [1.807, 2.05) is 13.0 Å². The first-order valence-electron chi connectivity index (χ1n) is 7.46. The minimum atomic E-state index is 0.711. The van der Waals surface area contributed by atoms with Crippen molar-refractivity contribution in [1.29, 1.82) is 0 Å². The maximum absolute atomic E-state index is 4.69. The summed E-state index contributed by atoms with van der Waals surface area (Å²) in [6.45, 7) is 5.13. The van der Waals surface area contributed by atoms with Gasteiger partial charge in [0.05, 0.1) is 0 Å². The lowest BCUT2D eigenvalue weighted by molar-refractivity contribution is 0.961. The van der Waals surface area contributed by atoms with E-state index in [0.717, 1.165) is 30.3 Å². The molecule has 0 amide bonds. The fraction of sp³-hybridized carbons (Fsp3) is 0.412. The maximum Gasteiger partial charge on any atom is 0.162 e. The van der Waals surface area contributed by atoms with Gasteiger partial charge in [-0.15, -0.1) is 0 Å². The van der Waals surface area contributed by atoms with Crippen LogP contribution in [0.3, 0.4) is 0 Å². The first kappa shape index (κ1) is 13.1. The van der Waals surface area contributed by atoms with Crippen molar-refractivity contribution >= 4 is 5.82 Å². The number of nitrogens with zero attached hydrogens (tertiary/aromatic N) is 2. The molecule has 1 aromatic carbocycles. The van der Waals surface area contributed by atoms with Gasteiger partial charge in [-0.2, -0.15) is 0 Å². The summed E-state index contributed by atoms with van der Waals surface area (Å²) >= 11 is 0. The molecule has 0 atom stereocenters. The summed E-state index contributed by atoms with van der Waals surface area (Å²) in [5, 5.41) is 3.36. The molecular weight excluding hydrogens is 246 g/mol. The summed E-state index contributed by atoms with van der Waals surface area (Å²) < 4.78 is 0. The Bertz CT molecular complexity index is 603. The zero-order valence-electron chi connectivity index (χ0n) is 12.2. The second-order valence-electron chi connectivity index (χ2n) is 5.51. The fourth-order valence-electron chi connectivity index (χ4n) is 2.48. The van der Waals surface area contributed by atoms with Crippen molar-refractivity contribution in [3.63, 3.8) is 0 Å². The minimum Gasteiger partial charge on any atom is -0.370 e. The average molecular weight is 267 g/mol. The van der Waals surface area contributed by atoms with Crippen LogP contribution in [-0.2, 0) is 0 Å². The van der Waals surface area contributed by atoms with Crippen molar-refractivity contribution in [3.8, 4) is 11.4 Å². The molecule has 3 heteroatoms. The van der Waals surface area contributed by atoms with E-state index in [-0.39, 0.29) is 0 Å². The molecule has 0 saturated heterocycles. The smallest absolute Gasteiger partial charge is 0.162 e. The van der Waals surface area contributed by atoms with Crippen LogP contribution in [-0.4, -0.2) is 16.5 Å². The lowest BCUT2D eigenvalue weighted by Gasteiger charge is -2.11. The van der Waals surface area contributed by atoms with Gasteiger partial charge in [-0.3, -0.25) is 0 Å². The standard InChI is InChI=1S/C17H21N3/c1-3-10-18-16-11-12(2)19-17(20-16)15-7-5-4-6-14(15)13-8-9-13/h4-7,11,13H,3,8-10H2,1-2H3,(H,18,19,20). The molecule has 1 aromatic heterocycles. The number of anilines is 1. The first-order valence-corrected chi connectivity index (χ1v) is 7.46. The molecule has 0 bridgehead atoms. The van der Waals surface area contributed by atoms with Gasteiger partial charge in [0.15, 0.2) is 5.82 Å². The van der Waals surface area contributed by atoms with Crippen molar-refractivity contribution in [2.45, 2.75) is 39.0 Å². The Morgan fingerprint density at radius 1 is 1.20 bits per heavy atom. The van der Waals surface area contributed by atoms with Gasteiger partial charge in [-0.25, -0.2) is 9.97 Å². The van der Waals surface area contributed by atoms with Crippen LogP contribution >= 0.6 is 0 Å². The molecule has 1 aliphatic rings. The van der Waals surface area contributed by atoms with E-state index in [1.165, 1.54) is 24.0 Å². The predicted molar refractivity (Wildman–Crippen MR) is 83.0 cm³/mol. The third-order valence-corrected chi connectivity index (χ3v) is 3.63. The van der Waals surface area contributed by atoms with Crippen LogP contribution in [0.5, 0.6) is 0 Å². The Morgan fingerprint density at radius 2 is 2.00 bits per heavy atom. The van der Waals surface area contributed by atoms with Crippen LogP contribution < -0.4 is 5.32 Å². The van der Waals surface area contributed by atoms with E-state index >= 15 is 0 Å². The summed E-state index contributed by atoms with van der Waals surface area (Å²) in [7, 11) is 0. The molecule has 2 aromatic rings. The molecule has 0 spiro atoms. The van der Waals surface area contributed by atoms with Crippen molar-refractivity contribution in [2.75, 3.05) is 11.9 Å². The lowest BCUT2D eigenvalue weighted by Crippen LogP contribution is -2.05. The van der Waals surface area contributed by atoms with Crippen LogP contribution in [0.25, 0.3) is 11.4 Å². The Labute approximate surface area is 120 Å². The highest BCUT2D eigenvalue weighted by molar-refractivity contribution is 5.63. The van der Waals surface area contributed by atoms with Gasteiger partial charge >= 0.3 is 0 Å². The van der Waals surface area contributed by atoms with Gasteiger partial charge in [-0.05, 0) is 37.7 Å². The predicted octanol–water partition coefficient (Wildman–Crippen LogP) is 4.15. The highest BCUT2D eigenvalue weighted by Crippen LogP contribution is 2.43. The SMILES string of the molecule is CCCNc1cc(C)nc(-c2ccccc2C2CC2)n1. The van der Waals surface area contributed by atoms with E-state index in [9.17, 15) is 0 Å². The van der Waals surface area contributed by atoms with Crippen molar-refractivity contribution < 1.29 is 0 Å². The first-order chi connectivity index (χ1) is 9.78. The zero-order valence-corrected chi connectivity index (χ0v) is 12.2. The van der Waals surface area contributed by atoms with Crippen molar-refractivity contribution in [2.24, 2.45) is 0 Å². The number of aromatic nitrogens is 2. The summed E-state index contributed by atoms with van der Waals surface area (Å²) in [4.78, 5) is 9.32. The summed E-state index contributed by atoms with van der Waals surface area (Å²) in [5.41, 5.74) is 3.61. The molecule has 104 valence electrons. The Kier molecular flexibility index (Phi) is 3.68. The van der Waals surface area contributed by atoms with E-state index in [0.29, 0.717) is 5.92 Å². The molecule has 1 fully saturated rings. The molecule has 3 nitrogen and oxygen atoms in total. The monoisotopic (exact) mass is 267 g/mol. The Morgan fingerprint density at radius 3 is 2.75 bits per heavy atom. The third kappa shape index (κ3) is 2.82. The largest absolute Gasteiger partial charge is 0.370 e. The van der Waals surface area contributed by atoms with Gasteiger partial charge < -0.3 is 5.32 Å². The molecule has 20 heavy (non-hydrogen) atoms. The highest BCUT2D eigenvalue weighted by atomic mass is 15.0. The number of aryl methyl sites for hydroxylation is 1. The molecular formula is C17H21N3. The van der Waals surface area contributed by atoms with Crippen molar-refractivity contribution in [3.05, 3.63) is 41.6 Å². The number of rotatable bonds is 5. The molecule has 0 unspecified atom stereocenters. The Hall–Kier alpha value is -1.90. The van der Waals surface area contributed by atoms with Crippen molar-refractivity contribution in [1.82, 2.24) is 9.97 Å². The third-order valence-electron chi connectivity index (χ3n) is 3.63. The van der Waals surface area contributed by atoms with Crippen LogP contribution in [0.2, 0.25) is 0 Å². The number of hydrogen-bond acceptors (Lipinski definition) is 3. The highest BCUT2D eigenvalue weighted by Gasteiger charge is 2.26. The van der Waals surface area contributed by atoms with Gasteiger partial charge in [0.2, 0.25) is 0 Å². The molecule has 0 aliphatic heterocycles. The molecule has 1 aliphatic carbocycles. The van der Waals surface area contributed by atoms with E-state index in [2.05, 4.69) is 46.5 Å². The molecule has 0 radical (unpaired) electrons. The second kappa shape index (κ2) is 5.61. The zero-order chi connectivity index (χ0) is 13.9. The van der Waals surface area contributed by atoms with E-state index in [4.69, 9.17) is 0 Å². The second-order valence-corrected chi connectivity index (χ2v) is 5.51. The van der Waals surface area contributed by atoms with Gasteiger partial charge in [-0.1, -0.05) is 31.2 Å². The van der Waals surface area contributed by atoms with Crippen LogP contribution in [0.15, 0.2) is 30.3 Å². The average Bonchev–Trinajstić information content (AvgIpc) is 3.29. The maximum atomic E-state index is 4.69. The van der Waals surface area contributed by atoms with Crippen LogP contribution in [0.1, 0.15) is 43.4 Å². The topological polar surface area (TPSA) is 37.8 Å². The number of nitrogens with one attached hydrogen (secondary N) is 1. The minimum absolute atomic E-state index is 0.711. The lowest BCUT2D eigenvalue weighted by atomic mass is 10.0. The Balaban J connectivity index is 1.99. The van der Waals surface area contributed by atoms with Crippen LogP contribution in [0, 0.1) is 6.92 Å². The number of hydrogen-bond donors (Lipinski definition) is 1. The summed E-state index contributed by atoms with van der Waals surface area (Å²) in [6.07, 6.45) is 3.69. The number of benzene rings is 1. The summed E-state index contributed by atoms with van der Waals surface area (Å²) in [6, 6.07) is 10.6. The van der Waals surface area contributed by atoms with E-state index < -0.39 is 0 Å². The van der Waals surface area contributed by atoms with E-state index in [1.54, 1.807) is 0 Å². The van der Waals surface area contributed by atoms with Crippen LogP contribution in [0.4, 0.5) is 5.82 Å². The normalized spacial score (nSPS) is 14.3.